The Kier molecular flexibility index (Phi) is 4.32. The van der Waals surface area contributed by atoms with Gasteiger partial charge in [-0.05, 0) is 18.2 Å². The highest BCUT2D eigenvalue weighted by Crippen LogP contribution is 2.37. The first-order valence-electron chi connectivity index (χ1n) is 6.62. The molecule has 0 spiro atoms. The molecule has 118 valence electrons. The van der Waals surface area contributed by atoms with E-state index >= 15 is 0 Å². The zero-order chi connectivity index (χ0) is 16.4. The molecule has 0 bridgehead atoms. The van der Waals surface area contributed by atoms with Gasteiger partial charge in [-0.3, -0.25) is 0 Å². The number of aromatic nitrogens is 1. The Morgan fingerprint density at radius 2 is 1.70 bits per heavy atom. The van der Waals surface area contributed by atoms with E-state index in [9.17, 15) is 13.2 Å². The first-order valence-corrected chi connectivity index (χ1v) is 7.95. The number of halogens is 3. The summed E-state index contributed by atoms with van der Waals surface area (Å²) >= 11 is 5.61. The van der Waals surface area contributed by atoms with Crippen LogP contribution in [0.3, 0.4) is 0 Å². The first kappa shape index (κ1) is 15.9. The molecule has 1 heterocycles. The molecule has 2 nitrogen and oxygen atoms in total. The molecule has 0 aliphatic rings. The molecule has 0 amide bonds. The lowest BCUT2D eigenvalue weighted by Gasteiger charge is -2.12. The standard InChI is InChI=1S/C16H11F3N2S2/c17-16(18,19)11-6-2-3-7-12(11)20-15-21-13(9-23-15)10-5-1-4-8-14(10)22/h1-9,22H,(H,20,21). The van der Waals surface area contributed by atoms with Gasteiger partial charge in [0.1, 0.15) is 0 Å². The van der Waals surface area contributed by atoms with Crippen molar-refractivity contribution >= 4 is 34.8 Å². The van der Waals surface area contributed by atoms with Crippen LogP contribution in [0.1, 0.15) is 5.56 Å². The summed E-state index contributed by atoms with van der Waals surface area (Å²) in [7, 11) is 0. The van der Waals surface area contributed by atoms with Crippen LogP contribution < -0.4 is 5.32 Å². The van der Waals surface area contributed by atoms with Crippen LogP contribution in [-0.2, 0) is 6.18 Å². The molecule has 3 aromatic rings. The highest BCUT2D eigenvalue weighted by Gasteiger charge is 2.33. The van der Waals surface area contributed by atoms with Crippen molar-refractivity contribution in [3.05, 3.63) is 59.5 Å². The van der Waals surface area contributed by atoms with Gasteiger partial charge in [-0.25, -0.2) is 4.98 Å². The SMILES string of the molecule is FC(F)(F)c1ccccc1Nc1nc(-c2ccccc2S)cs1. The number of thiol groups is 1. The molecule has 0 aliphatic heterocycles. The normalized spacial score (nSPS) is 11.5. The minimum Gasteiger partial charge on any atom is -0.331 e. The number of hydrogen-bond acceptors (Lipinski definition) is 4. The van der Waals surface area contributed by atoms with Gasteiger partial charge in [0.25, 0.3) is 0 Å². The lowest BCUT2D eigenvalue weighted by molar-refractivity contribution is -0.136. The topological polar surface area (TPSA) is 24.9 Å². The molecule has 23 heavy (non-hydrogen) atoms. The molecule has 0 fully saturated rings. The third kappa shape index (κ3) is 3.51. The number of thiazole rings is 1. The van der Waals surface area contributed by atoms with Crippen molar-refractivity contribution in [2.24, 2.45) is 0 Å². The fraction of sp³-hybridized carbons (Fsp3) is 0.0625. The van der Waals surface area contributed by atoms with Crippen LogP contribution >= 0.6 is 24.0 Å². The van der Waals surface area contributed by atoms with E-state index in [1.807, 2.05) is 24.3 Å². The predicted molar refractivity (Wildman–Crippen MR) is 89.5 cm³/mol. The largest absolute Gasteiger partial charge is 0.418 e. The third-order valence-corrected chi connectivity index (χ3v) is 4.31. The number of alkyl halides is 3. The quantitative estimate of drug-likeness (QED) is 0.577. The van der Waals surface area contributed by atoms with E-state index in [-0.39, 0.29) is 5.69 Å². The van der Waals surface area contributed by atoms with Crippen LogP contribution in [0.2, 0.25) is 0 Å². The maximum Gasteiger partial charge on any atom is 0.418 e. The van der Waals surface area contributed by atoms with Crippen molar-refractivity contribution in [3.8, 4) is 11.3 Å². The van der Waals surface area contributed by atoms with Crippen molar-refractivity contribution in [1.82, 2.24) is 4.98 Å². The number of rotatable bonds is 3. The van der Waals surface area contributed by atoms with E-state index in [0.717, 1.165) is 16.5 Å². The average Bonchev–Trinajstić information content (AvgIpc) is 2.95. The number of nitrogens with zero attached hydrogens (tertiary/aromatic N) is 1. The average molecular weight is 352 g/mol. The second kappa shape index (κ2) is 6.25. The monoisotopic (exact) mass is 352 g/mol. The van der Waals surface area contributed by atoms with Gasteiger partial charge in [0.2, 0.25) is 0 Å². The second-order valence-corrected chi connectivity index (χ2v) is 6.06. The third-order valence-electron chi connectivity index (χ3n) is 3.16. The number of benzene rings is 2. The zero-order valence-corrected chi connectivity index (χ0v) is 13.3. The van der Waals surface area contributed by atoms with Crippen LogP contribution in [0.15, 0.2) is 58.8 Å². The Labute approximate surface area is 140 Å². The molecular formula is C16H11F3N2S2. The minimum atomic E-state index is -4.42. The van der Waals surface area contributed by atoms with Gasteiger partial charge in [-0.15, -0.1) is 24.0 Å². The van der Waals surface area contributed by atoms with E-state index in [2.05, 4.69) is 22.9 Å². The lowest BCUT2D eigenvalue weighted by atomic mass is 10.1. The van der Waals surface area contributed by atoms with E-state index in [1.54, 1.807) is 11.4 Å². The number of anilines is 2. The fourth-order valence-electron chi connectivity index (χ4n) is 2.10. The lowest BCUT2D eigenvalue weighted by Crippen LogP contribution is -2.08. The summed E-state index contributed by atoms with van der Waals surface area (Å²) in [6, 6.07) is 12.8. The van der Waals surface area contributed by atoms with Gasteiger partial charge >= 0.3 is 6.18 Å². The van der Waals surface area contributed by atoms with Crippen LogP contribution in [-0.4, -0.2) is 4.98 Å². The van der Waals surface area contributed by atoms with Gasteiger partial charge in [-0.1, -0.05) is 30.3 Å². The number of nitrogens with one attached hydrogen (secondary N) is 1. The summed E-state index contributed by atoms with van der Waals surface area (Å²) in [5.41, 5.74) is 0.781. The molecule has 2 aromatic carbocycles. The summed E-state index contributed by atoms with van der Waals surface area (Å²) in [6.07, 6.45) is -4.42. The van der Waals surface area contributed by atoms with Crippen LogP contribution in [0.5, 0.6) is 0 Å². The van der Waals surface area contributed by atoms with E-state index in [4.69, 9.17) is 0 Å². The van der Waals surface area contributed by atoms with Gasteiger partial charge in [0.15, 0.2) is 5.13 Å². The summed E-state index contributed by atoms with van der Waals surface area (Å²) < 4.78 is 39.0. The van der Waals surface area contributed by atoms with Crippen molar-refractivity contribution in [2.45, 2.75) is 11.1 Å². The Morgan fingerprint density at radius 1 is 1.00 bits per heavy atom. The molecule has 0 radical (unpaired) electrons. The zero-order valence-electron chi connectivity index (χ0n) is 11.6. The Bertz CT molecular complexity index is 828. The second-order valence-electron chi connectivity index (χ2n) is 4.72. The highest BCUT2D eigenvalue weighted by molar-refractivity contribution is 7.80. The molecule has 1 aromatic heterocycles. The maximum atomic E-state index is 13.0. The van der Waals surface area contributed by atoms with Gasteiger partial charge in [0, 0.05) is 15.8 Å². The van der Waals surface area contributed by atoms with Crippen molar-refractivity contribution in [3.63, 3.8) is 0 Å². The highest BCUT2D eigenvalue weighted by atomic mass is 32.1. The van der Waals surface area contributed by atoms with Gasteiger partial charge in [-0.2, -0.15) is 13.2 Å². The maximum absolute atomic E-state index is 13.0. The first-order chi connectivity index (χ1) is 10.9. The van der Waals surface area contributed by atoms with Crippen molar-refractivity contribution < 1.29 is 13.2 Å². The molecule has 3 rings (SSSR count). The van der Waals surface area contributed by atoms with Crippen molar-refractivity contribution in [2.75, 3.05) is 5.32 Å². The summed E-state index contributed by atoms with van der Waals surface area (Å²) in [4.78, 5) is 5.11. The molecule has 0 saturated carbocycles. The Balaban J connectivity index is 1.90. The molecule has 0 atom stereocenters. The fourth-order valence-corrected chi connectivity index (χ4v) is 3.10. The van der Waals surface area contributed by atoms with E-state index in [1.165, 1.54) is 23.5 Å². The predicted octanol–water partition coefficient (Wildman–Crippen LogP) is 5.86. The van der Waals surface area contributed by atoms with Crippen LogP contribution in [0, 0.1) is 0 Å². The smallest absolute Gasteiger partial charge is 0.331 e. The summed E-state index contributed by atoms with van der Waals surface area (Å²) in [6.45, 7) is 0. The van der Waals surface area contributed by atoms with E-state index < -0.39 is 11.7 Å². The molecular weight excluding hydrogens is 341 g/mol. The van der Waals surface area contributed by atoms with Gasteiger partial charge in [0.05, 0.1) is 16.9 Å². The molecule has 0 unspecified atom stereocenters. The Hall–Kier alpha value is -1.99. The summed E-state index contributed by atoms with van der Waals surface area (Å²) in [5.74, 6) is 0. The molecule has 0 aliphatic carbocycles. The van der Waals surface area contributed by atoms with E-state index in [0.29, 0.717) is 10.8 Å². The van der Waals surface area contributed by atoms with Gasteiger partial charge < -0.3 is 5.32 Å². The summed E-state index contributed by atoms with van der Waals surface area (Å²) in [5, 5.41) is 4.93. The Morgan fingerprint density at radius 3 is 2.43 bits per heavy atom. The van der Waals surface area contributed by atoms with Crippen LogP contribution in [0.4, 0.5) is 24.0 Å². The molecule has 7 heteroatoms. The minimum absolute atomic E-state index is 0.0138. The van der Waals surface area contributed by atoms with Crippen LogP contribution in [0.25, 0.3) is 11.3 Å². The number of hydrogen-bond donors (Lipinski definition) is 2. The van der Waals surface area contributed by atoms with Crippen molar-refractivity contribution in [1.29, 1.82) is 0 Å². The number of para-hydroxylation sites is 1. The molecule has 1 N–H and O–H groups in total. The molecule has 0 saturated heterocycles.